The molecule has 0 aliphatic rings. The fourth-order valence-corrected chi connectivity index (χ4v) is 4.40. The van der Waals surface area contributed by atoms with Crippen molar-refractivity contribution in [1.82, 2.24) is 5.32 Å². The summed E-state index contributed by atoms with van der Waals surface area (Å²) in [7, 11) is -2.09. The minimum absolute atomic E-state index is 0.261. The van der Waals surface area contributed by atoms with Crippen molar-refractivity contribution in [3.05, 3.63) is 59.7 Å². The molecule has 2 rings (SSSR count). The van der Waals surface area contributed by atoms with Crippen LogP contribution in [0.4, 0.5) is 5.69 Å². The Kier molecular flexibility index (Phi) is 8.85. The number of carbonyl (C=O) groups is 1. The molecule has 0 heterocycles. The highest BCUT2D eigenvalue weighted by Crippen LogP contribution is 2.22. The lowest BCUT2D eigenvalue weighted by Gasteiger charge is -2.22. The molecular formula is C21H28N2O4S2. The lowest BCUT2D eigenvalue weighted by atomic mass is 10.2. The summed E-state index contributed by atoms with van der Waals surface area (Å²) in [5.74, 6) is 2.05. The van der Waals surface area contributed by atoms with Crippen LogP contribution in [-0.2, 0) is 20.6 Å². The van der Waals surface area contributed by atoms with Crippen molar-refractivity contribution in [2.75, 3.05) is 36.5 Å². The molecule has 2 aromatic rings. The second kappa shape index (κ2) is 11.1. The first kappa shape index (κ1) is 23.1. The number of methoxy groups -OCH3 is 1. The van der Waals surface area contributed by atoms with Gasteiger partial charge in [0.15, 0.2) is 0 Å². The fourth-order valence-electron chi connectivity index (χ4n) is 2.63. The molecule has 0 spiro atoms. The minimum atomic E-state index is -3.60. The summed E-state index contributed by atoms with van der Waals surface area (Å²) < 4.78 is 30.5. The number of aryl methyl sites for hydroxylation is 1. The van der Waals surface area contributed by atoms with Gasteiger partial charge in [-0.1, -0.05) is 35.9 Å². The summed E-state index contributed by atoms with van der Waals surface area (Å²) >= 11 is 1.81. The van der Waals surface area contributed by atoms with Crippen LogP contribution in [0.1, 0.15) is 17.5 Å². The van der Waals surface area contributed by atoms with Gasteiger partial charge in [0, 0.05) is 18.4 Å². The maximum atomic E-state index is 12.3. The maximum Gasteiger partial charge on any atom is 0.240 e. The van der Waals surface area contributed by atoms with Crippen LogP contribution in [0.2, 0.25) is 0 Å². The fraction of sp³-hybridized carbons (Fsp3) is 0.381. The van der Waals surface area contributed by atoms with Crippen molar-refractivity contribution < 1.29 is 17.9 Å². The minimum Gasteiger partial charge on any atom is -0.497 e. The quantitative estimate of drug-likeness (QED) is 0.548. The van der Waals surface area contributed by atoms with E-state index in [1.54, 1.807) is 24.3 Å². The SMILES string of the molecule is COc1cccc(N(CC(=O)NCCCSCc2ccc(C)cc2)S(C)(=O)=O)c1. The van der Waals surface area contributed by atoms with Gasteiger partial charge in [0.2, 0.25) is 15.9 Å². The predicted octanol–water partition coefficient (Wildman–Crippen LogP) is 3.21. The predicted molar refractivity (Wildman–Crippen MR) is 120 cm³/mol. The third-order valence-electron chi connectivity index (χ3n) is 4.21. The van der Waals surface area contributed by atoms with Crippen LogP contribution >= 0.6 is 11.8 Å². The van der Waals surface area contributed by atoms with Crippen LogP contribution in [-0.4, -0.2) is 46.5 Å². The molecule has 0 atom stereocenters. The highest BCUT2D eigenvalue weighted by atomic mass is 32.2. The average Bonchev–Trinajstić information content (AvgIpc) is 2.69. The molecule has 1 amide bonds. The van der Waals surface area contributed by atoms with Gasteiger partial charge < -0.3 is 10.1 Å². The molecule has 0 radical (unpaired) electrons. The van der Waals surface area contributed by atoms with Gasteiger partial charge >= 0.3 is 0 Å². The number of rotatable bonds is 11. The van der Waals surface area contributed by atoms with Crippen LogP contribution < -0.4 is 14.4 Å². The number of nitrogens with zero attached hydrogens (tertiary/aromatic N) is 1. The van der Waals surface area contributed by atoms with E-state index in [9.17, 15) is 13.2 Å². The van der Waals surface area contributed by atoms with Crippen molar-refractivity contribution in [3.8, 4) is 5.75 Å². The van der Waals surface area contributed by atoms with Gasteiger partial charge in [-0.2, -0.15) is 11.8 Å². The summed E-state index contributed by atoms with van der Waals surface area (Å²) in [5, 5.41) is 2.80. The molecule has 2 aromatic carbocycles. The molecule has 1 N–H and O–H groups in total. The smallest absolute Gasteiger partial charge is 0.240 e. The molecular weight excluding hydrogens is 408 g/mol. The van der Waals surface area contributed by atoms with Crippen molar-refractivity contribution in [2.24, 2.45) is 0 Å². The zero-order valence-corrected chi connectivity index (χ0v) is 18.7. The molecule has 6 nitrogen and oxygen atoms in total. The van der Waals surface area contributed by atoms with E-state index in [1.165, 1.54) is 18.2 Å². The van der Waals surface area contributed by atoms with E-state index in [-0.39, 0.29) is 12.5 Å². The van der Waals surface area contributed by atoms with Gasteiger partial charge in [0.25, 0.3) is 0 Å². The van der Waals surface area contributed by atoms with E-state index in [0.717, 1.165) is 28.5 Å². The normalized spacial score (nSPS) is 11.1. The second-order valence-corrected chi connectivity index (χ2v) is 9.72. The molecule has 0 aliphatic heterocycles. The monoisotopic (exact) mass is 436 g/mol. The van der Waals surface area contributed by atoms with Crippen LogP contribution in [0.5, 0.6) is 5.75 Å². The molecule has 0 aromatic heterocycles. The average molecular weight is 437 g/mol. The summed E-state index contributed by atoms with van der Waals surface area (Å²) in [6.45, 7) is 2.32. The summed E-state index contributed by atoms with van der Waals surface area (Å²) in [6, 6.07) is 15.1. The largest absolute Gasteiger partial charge is 0.497 e. The van der Waals surface area contributed by atoms with Crippen LogP contribution in [0.25, 0.3) is 0 Å². The molecule has 0 unspecified atom stereocenters. The van der Waals surface area contributed by atoms with Crippen LogP contribution in [0.3, 0.4) is 0 Å². The Morgan fingerprint density at radius 1 is 1.17 bits per heavy atom. The van der Waals surface area contributed by atoms with Crippen molar-refractivity contribution >= 4 is 33.4 Å². The Morgan fingerprint density at radius 2 is 1.90 bits per heavy atom. The Balaban J connectivity index is 1.77. The molecule has 158 valence electrons. The molecule has 0 bridgehead atoms. The molecule has 0 saturated carbocycles. The topological polar surface area (TPSA) is 75.7 Å². The van der Waals surface area contributed by atoms with Crippen LogP contribution in [0, 0.1) is 6.92 Å². The number of amides is 1. The van der Waals surface area contributed by atoms with Gasteiger partial charge in [-0.25, -0.2) is 8.42 Å². The van der Waals surface area contributed by atoms with Gasteiger partial charge in [-0.15, -0.1) is 0 Å². The third-order valence-corrected chi connectivity index (χ3v) is 6.46. The third kappa shape index (κ3) is 7.98. The maximum absolute atomic E-state index is 12.3. The van der Waals surface area contributed by atoms with E-state index in [2.05, 4.69) is 36.5 Å². The standard InChI is InChI=1S/C21H28N2O4S2/c1-17-8-10-18(11-9-17)16-28-13-5-12-22-21(24)15-23(29(3,25)26)19-6-4-7-20(14-19)27-2/h4,6-11,14H,5,12-13,15-16H2,1-3H3,(H,22,24). The van der Waals surface area contributed by atoms with Gasteiger partial charge in [-0.3, -0.25) is 9.10 Å². The summed E-state index contributed by atoms with van der Waals surface area (Å²) in [5.41, 5.74) is 2.93. The molecule has 29 heavy (non-hydrogen) atoms. The van der Waals surface area contributed by atoms with E-state index in [4.69, 9.17) is 4.74 Å². The first-order valence-electron chi connectivity index (χ1n) is 9.31. The van der Waals surface area contributed by atoms with E-state index in [0.29, 0.717) is 18.0 Å². The van der Waals surface area contributed by atoms with E-state index >= 15 is 0 Å². The number of hydrogen-bond donors (Lipinski definition) is 1. The van der Waals surface area contributed by atoms with Crippen molar-refractivity contribution in [2.45, 2.75) is 19.1 Å². The lowest BCUT2D eigenvalue weighted by molar-refractivity contribution is -0.119. The number of hydrogen-bond acceptors (Lipinski definition) is 5. The van der Waals surface area contributed by atoms with Crippen molar-refractivity contribution in [1.29, 1.82) is 0 Å². The van der Waals surface area contributed by atoms with Gasteiger partial charge in [-0.05, 0) is 36.8 Å². The molecule has 0 fully saturated rings. The number of ether oxygens (including phenoxy) is 1. The number of benzene rings is 2. The number of nitrogens with one attached hydrogen (secondary N) is 1. The van der Waals surface area contributed by atoms with Gasteiger partial charge in [0.1, 0.15) is 12.3 Å². The number of thioether (sulfide) groups is 1. The zero-order chi connectivity index (χ0) is 21.3. The number of carbonyl (C=O) groups excluding carboxylic acids is 1. The molecule has 0 aliphatic carbocycles. The van der Waals surface area contributed by atoms with Gasteiger partial charge in [0.05, 0.1) is 19.1 Å². The lowest BCUT2D eigenvalue weighted by Crippen LogP contribution is -2.40. The Bertz CT molecular complexity index is 899. The van der Waals surface area contributed by atoms with Crippen LogP contribution in [0.15, 0.2) is 48.5 Å². The first-order chi connectivity index (χ1) is 13.8. The highest BCUT2D eigenvalue weighted by molar-refractivity contribution is 7.98. The van der Waals surface area contributed by atoms with E-state index in [1.807, 2.05) is 11.8 Å². The first-order valence-corrected chi connectivity index (χ1v) is 12.3. The van der Waals surface area contributed by atoms with E-state index < -0.39 is 10.0 Å². The molecule has 0 saturated heterocycles. The summed E-state index contributed by atoms with van der Waals surface area (Å²) in [4.78, 5) is 12.3. The van der Waals surface area contributed by atoms with Crippen molar-refractivity contribution in [3.63, 3.8) is 0 Å². The Hall–Kier alpha value is -2.19. The molecule has 8 heteroatoms. The number of sulfonamides is 1. The summed E-state index contributed by atoms with van der Waals surface area (Å²) in [6.07, 6.45) is 1.90. The second-order valence-electron chi connectivity index (χ2n) is 6.71. The highest BCUT2D eigenvalue weighted by Gasteiger charge is 2.21. The zero-order valence-electron chi connectivity index (χ0n) is 17.1. The Morgan fingerprint density at radius 3 is 2.55 bits per heavy atom. The number of anilines is 1. The Labute approximate surface area is 177 Å².